The van der Waals surface area contributed by atoms with E-state index in [1.165, 1.54) is 6.92 Å². The minimum Gasteiger partial charge on any atom is -0.464 e. The molecule has 1 aromatic carbocycles. The summed E-state index contributed by atoms with van der Waals surface area (Å²) >= 11 is 0. The second kappa shape index (κ2) is 9.34. The first-order valence-corrected chi connectivity index (χ1v) is 7.20. The summed E-state index contributed by atoms with van der Waals surface area (Å²) in [4.78, 5) is 47.3. The molecule has 1 rings (SSSR count). The van der Waals surface area contributed by atoms with Crippen LogP contribution in [0.5, 0.6) is 0 Å². The predicted molar refractivity (Wildman–Crippen MR) is 80.3 cm³/mol. The zero-order valence-electron chi connectivity index (χ0n) is 13.0. The van der Waals surface area contributed by atoms with Crippen molar-refractivity contribution in [3.8, 4) is 0 Å². The largest absolute Gasteiger partial charge is 0.464 e. The van der Waals surface area contributed by atoms with Crippen molar-refractivity contribution >= 4 is 23.6 Å². The molecule has 0 saturated heterocycles. The van der Waals surface area contributed by atoms with Crippen molar-refractivity contribution in [2.75, 3.05) is 13.2 Å². The van der Waals surface area contributed by atoms with Gasteiger partial charge in [-0.2, -0.15) is 0 Å². The number of hydrogen-bond acceptors (Lipinski definition) is 6. The van der Waals surface area contributed by atoms with Crippen molar-refractivity contribution in [3.63, 3.8) is 0 Å². The molecule has 0 radical (unpaired) electrons. The quantitative estimate of drug-likeness (QED) is 0.423. The number of carbonyl (C=O) groups excluding carboxylic acids is 4. The van der Waals surface area contributed by atoms with Crippen molar-refractivity contribution in [2.24, 2.45) is 0 Å². The number of nitrogens with one attached hydrogen (secondary N) is 1. The van der Waals surface area contributed by atoms with E-state index < -0.39 is 29.7 Å². The van der Waals surface area contributed by atoms with E-state index >= 15 is 0 Å². The summed E-state index contributed by atoms with van der Waals surface area (Å²) in [5.74, 6) is -3.92. The summed E-state index contributed by atoms with van der Waals surface area (Å²) in [6, 6.07) is 7.07. The third-order valence-electron chi connectivity index (χ3n) is 2.77. The van der Waals surface area contributed by atoms with Crippen molar-refractivity contribution in [1.29, 1.82) is 0 Å². The highest BCUT2D eigenvalue weighted by Crippen LogP contribution is 2.01. The Hall–Kier alpha value is -2.70. The fourth-order valence-electron chi connectivity index (χ4n) is 1.77. The molecule has 0 heterocycles. The second-order valence-corrected chi connectivity index (χ2v) is 4.50. The van der Waals surface area contributed by atoms with E-state index in [4.69, 9.17) is 4.74 Å². The van der Waals surface area contributed by atoms with Crippen LogP contribution >= 0.6 is 0 Å². The van der Waals surface area contributed by atoms with E-state index in [2.05, 4.69) is 10.1 Å². The molecule has 0 saturated carbocycles. The van der Waals surface area contributed by atoms with Crippen LogP contribution in [0.1, 0.15) is 19.4 Å². The molecule has 23 heavy (non-hydrogen) atoms. The summed E-state index contributed by atoms with van der Waals surface area (Å²) < 4.78 is 9.29. The highest BCUT2D eigenvalue weighted by atomic mass is 16.5. The average Bonchev–Trinajstić information content (AvgIpc) is 2.53. The van der Waals surface area contributed by atoms with Gasteiger partial charge in [0.15, 0.2) is 6.04 Å². The Bertz CT molecular complexity index is 569. The van der Waals surface area contributed by atoms with Crippen LogP contribution in [0, 0.1) is 0 Å². The molecule has 1 unspecified atom stereocenters. The first kappa shape index (κ1) is 18.3. The molecule has 1 aromatic rings. The molecule has 7 nitrogen and oxygen atoms in total. The molecule has 1 N–H and O–H groups in total. The van der Waals surface area contributed by atoms with Gasteiger partial charge < -0.3 is 14.8 Å². The van der Waals surface area contributed by atoms with Gasteiger partial charge in [0, 0.05) is 0 Å². The minimum atomic E-state index is -1.70. The molecule has 0 aliphatic heterocycles. The van der Waals surface area contributed by atoms with Crippen LogP contribution in [-0.2, 0) is 35.1 Å². The Kier molecular flexibility index (Phi) is 7.45. The highest BCUT2D eigenvalue weighted by molar-refractivity contribution is 6.40. The van der Waals surface area contributed by atoms with Gasteiger partial charge in [-0.25, -0.2) is 9.59 Å². The zero-order chi connectivity index (χ0) is 17.2. The maximum Gasteiger partial charge on any atom is 0.377 e. The van der Waals surface area contributed by atoms with Gasteiger partial charge in [0.2, 0.25) is 5.91 Å². The fraction of sp³-hybridized carbons (Fsp3) is 0.375. The number of esters is 2. The Morgan fingerprint density at radius 3 is 2.17 bits per heavy atom. The monoisotopic (exact) mass is 321 g/mol. The third-order valence-corrected chi connectivity index (χ3v) is 2.77. The van der Waals surface area contributed by atoms with Gasteiger partial charge in [0.25, 0.3) is 5.78 Å². The summed E-state index contributed by atoms with van der Waals surface area (Å²) in [5.41, 5.74) is 0.705. The number of Topliss-reactive ketones (excluding diaryl/α,β-unsaturated/α-hetero) is 1. The molecule has 0 aromatic heterocycles. The number of amides is 1. The topological polar surface area (TPSA) is 98.8 Å². The van der Waals surface area contributed by atoms with E-state index in [0.717, 1.165) is 0 Å². The van der Waals surface area contributed by atoms with Crippen LogP contribution in [0.3, 0.4) is 0 Å². The predicted octanol–water partition coefficient (Wildman–Crippen LogP) is 0.409. The molecular weight excluding hydrogens is 302 g/mol. The van der Waals surface area contributed by atoms with Crippen molar-refractivity contribution in [1.82, 2.24) is 5.32 Å². The lowest BCUT2D eigenvalue weighted by molar-refractivity contribution is -0.160. The Morgan fingerprint density at radius 1 is 1.00 bits per heavy atom. The van der Waals surface area contributed by atoms with Crippen LogP contribution in [-0.4, -0.2) is 42.9 Å². The van der Waals surface area contributed by atoms with Crippen molar-refractivity contribution in [2.45, 2.75) is 26.3 Å². The Morgan fingerprint density at radius 2 is 1.61 bits per heavy atom. The van der Waals surface area contributed by atoms with E-state index in [1.54, 1.807) is 37.3 Å². The summed E-state index contributed by atoms with van der Waals surface area (Å²) in [5, 5.41) is 2.23. The third kappa shape index (κ3) is 5.90. The molecular formula is C16H19NO6. The number of ketones is 1. The number of benzene rings is 1. The zero-order valence-corrected chi connectivity index (χ0v) is 13.0. The van der Waals surface area contributed by atoms with Crippen LogP contribution in [0.15, 0.2) is 30.3 Å². The lowest BCUT2D eigenvalue weighted by atomic mass is 10.1. The van der Waals surface area contributed by atoms with Gasteiger partial charge in [-0.05, 0) is 19.4 Å². The van der Waals surface area contributed by atoms with E-state index in [-0.39, 0.29) is 19.6 Å². The average molecular weight is 321 g/mol. The number of rotatable bonds is 8. The van der Waals surface area contributed by atoms with Gasteiger partial charge in [0.1, 0.15) is 0 Å². The normalized spacial score (nSPS) is 11.2. The van der Waals surface area contributed by atoms with Crippen LogP contribution in [0.25, 0.3) is 0 Å². The maximum atomic E-state index is 12.0. The highest BCUT2D eigenvalue weighted by Gasteiger charge is 2.35. The molecule has 7 heteroatoms. The Balaban J connectivity index is 2.79. The fourth-order valence-corrected chi connectivity index (χ4v) is 1.77. The molecule has 0 fully saturated rings. The van der Waals surface area contributed by atoms with Crippen LogP contribution in [0.2, 0.25) is 0 Å². The van der Waals surface area contributed by atoms with E-state index in [9.17, 15) is 19.2 Å². The first-order valence-electron chi connectivity index (χ1n) is 7.20. The molecule has 0 aliphatic carbocycles. The SMILES string of the molecule is CCOC(=O)C(=O)C(NC(=O)Cc1ccccc1)C(=O)OCC. The van der Waals surface area contributed by atoms with Gasteiger partial charge in [-0.15, -0.1) is 0 Å². The molecule has 1 atom stereocenters. The standard InChI is InChI=1S/C16H19NO6/c1-3-22-15(20)13(14(19)16(21)23-4-2)17-12(18)10-11-8-6-5-7-9-11/h5-9,13H,3-4,10H2,1-2H3,(H,17,18). The molecule has 124 valence electrons. The van der Waals surface area contributed by atoms with Crippen molar-refractivity contribution < 1.29 is 28.7 Å². The second-order valence-electron chi connectivity index (χ2n) is 4.50. The Labute approximate surface area is 134 Å². The van der Waals surface area contributed by atoms with Gasteiger partial charge in [0.05, 0.1) is 19.6 Å². The van der Waals surface area contributed by atoms with Crippen LogP contribution < -0.4 is 5.32 Å². The van der Waals surface area contributed by atoms with Gasteiger partial charge >= 0.3 is 11.9 Å². The van der Waals surface area contributed by atoms with Gasteiger partial charge in [-0.1, -0.05) is 30.3 Å². The van der Waals surface area contributed by atoms with E-state index in [1.807, 2.05) is 0 Å². The number of carbonyl (C=O) groups is 4. The molecule has 0 bridgehead atoms. The lowest BCUT2D eigenvalue weighted by Crippen LogP contribution is -2.50. The first-order chi connectivity index (χ1) is 11.0. The van der Waals surface area contributed by atoms with E-state index in [0.29, 0.717) is 5.56 Å². The smallest absolute Gasteiger partial charge is 0.377 e. The molecule has 0 spiro atoms. The maximum absolute atomic E-state index is 12.0. The summed E-state index contributed by atoms with van der Waals surface area (Å²) in [6.45, 7) is 3.08. The van der Waals surface area contributed by atoms with Crippen molar-refractivity contribution in [3.05, 3.63) is 35.9 Å². The van der Waals surface area contributed by atoms with Crippen LogP contribution in [0.4, 0.5) is 0 Å². The number of hydrogen-bond donors (Lipinski definition) is 1. The summed E-state index contributed by atoms with van der Waals surface area (Å²) in [7, 11) is 0. The molecule has 0 aliphatic rings. The lowest BCUT2D eigenvalue weighted by Gasteiger charge is -2.15. The summed E-state index contributed by atoms with van der Waals surface area (Å²) in [6.07, 6.45) is -0.0349. The minimum absolute atomic E-state index is 0.0139. The number of ether oxygens (including phenoxy) is 2. The van der Waals surface area contributed by atoms with Gasteiger partial charge in [-0.3, -0.25) is 9.59 Å². The molecule has 1 amide bonds.